The van der Waals surface area contributed by atoms with Crippen molar-refractivity contribution in [3.05, 3.63) is 35.4 Å². The number of ketones is 1. The number of ether oxygens (including phenoxy) is 1. The molecular formula is C17H27NO2. The highest BCUT2D eigenvalue weighted by atomic mass is 16.5. The van der Waals surface area contributed by atoms with Crippen molar-refractivity contribution in [2.24, 2.45) is 0 Å². The molecule has 20 heavy (non-hydrogen) atoms. The topological polar surface area (TPSA) is 29.5 Å². The summed E-state index contributed by atoms with van der Waals surface area (Å²) in [5, 5.41) is 0. The summed E-state index contributed by atoms with van der Waals surface area (Å²) in [4.78, 5) is 14.0. The summed E-state index contributed by atoms with van der Waals surface area (Å²) >= 11 is 0. The smallest absolute Gasteiger partial charge is 0.137 e. The van der Waals surface area contributed by atoms with E-state index < -0.39 is 0 Å². The Kier molecular flexibility index (Phi) is 8.16. The van der Waals surface area contributed by atoms with Gasteiger partial charge in [-0.3, -0.25) is 9.69 Å². The predicted molar refractivity (Wildman–Crippen MR) is 82.9 cm³/mol. The second-order valence-electron chi connectivity index (χ2n) is 4.73. The van der Waals surface area contributed by atoms with Crippen molar-refractivity contribution in [2.75, 3.05) is 26.3 Å². The summed E-state index contributed by atoms with van der Waals surface area (Å²) in [6.07, 6.45) is 1.18. The molecule has 0 N–H and O–H groups in total. The standard InChI is InChI=1S/C15H21NO2.C2H6/c1-2-15(17)11-13-5-3-4-6-14(13)12-16-7-9-18-10-8-16;1-2/h3-6H,2,7-12H2,1H3;1-2H3. The minimum Gasteiger partial charge on any atom is -0.379 e. The van der Waals surface area contributed by atoms with Crippen LogP contribution in [0.5, 0.6) is 0 Å². The van der Waals surface area contributed by atoms with Crippen LogP contribution in [0.4, 0.5) is 0 Å². The Morgan fingerprint density at radius 3 is 2.35 bits per heavy atom. The molecular weight excluding hydrogens is 250 g/mol. The molecule has 0 saturated carbocycles. The third-order valence-corrected chi connectivity index (χ3v) is 3.40. The summed E-state index contributed by atoms with van der Waals surface area (Å²) in [7, 11) is 0. The lowest BCUT2D eigenvalue weighted by Crippen LogP contribution is -2.35. The van der Waals surface area contributed by atoms with Gasteiger partial charge in [-0.2, -0.15) is 0 Å². The van der Waals surface area contributed by atoms with E-state index in [0.717, 1.165) is 32.8 Å². The Morgan fingerprint density at radius 2 is 1.75 bits per heavy atom. The third-order valence-electron chi connectivity index (χ3n) is 3.40. The number of carbonyl (C=O) groups excluding carboxylic acids is 1. The van der Waals surface area contributed by atoms with Gasteiger partial charge in [-0.05, 0) is 11.1 Å². The quantitative estimate of drug-likeness (QED) is 0.828. The van der Waals surface area contributed by atoms with Crippen molar-refractivity contribution in [3.8, 4) is 0 Å². The zero-order valence-electron chi connectivity index (χ0n) is 13.0. The van der Waals surface area contributed by atoms with Crippen LogP contribution < -0.4 is 0 Å². The first-order valence-electron chi connectivity index (χ1n) is 7.68. The van der Waals surface area contributed by atoms with Crippen LogP contribution in [-0.2, 0) is 22.5 Å². The monoisotopic (exact) mass is 277 g/mol. The van der Waals surface area contributed by atoms with E-state index in [2.05, 4.69) is 23.1 Å². The van der Waals surface area contributed by atoms with Gasteiger partial charge in [0.05, 0.1) is 13.2 Å². The zero-order valence-corrected chi connectivity index (χ0v) is 13.0. The van der Waals surface area contributed by atoms with Gasteiger partial charge in [0.15, 0.2) is 0 Å². The molecule has 2 rings (SSSR count). The van der Waals surface area contributed by atoms with Gasteiger partial charge < -0.3 is 4.74 Å². The molecule has 0 aliphatic carbocycles. The normalized spacial score (nSPS) is 15.3. The van der Waals surface area contributed by atoms with Gasteiger partial charge in [-0.1, -0.05) is 45.0 Å². The summed E-state index contributed by atoms with van der Waals surface area (Å²) < 4.78 is 5.35. The SMILES string of the molecule is CC.CCC(=O)Cc1ccccc1CN1CCOCC1. The number of nitrogens with zero attached hydrogens (tertiary/aromatic N) is 1. The van der Waals surface area contributed by atoms with Crippen LogP contribution >= 0.6 is 0 Å². The summed E-state index contributed by atoms with van der Waals surface area (Å²) in [5.41, 5.74) is 2.46. The molecule has 0 atom stereocenters. The van der Waals surface area contributed by atoms with Crippen LogP contribution in [0, 0.1) is 0 Å². The molecule has 1 aliphatic rings. The molecule has 3 nitrogen and oxygen atoms in total. The largest absolute Gasteiger partial charge is 0.379 e. The number of morpholine rings is 1. The van der Waals surface area contributed by atoms with Gasteiger partial charge in [-0.15, -0.1) is 0 Å². The van der Waals surface area contributed by atoms with E-state index in [1.54, 1.807) is 0 Å². The molecule has 0 radical (unpaired) electrons. The highest BCUT2D eigenvalue weighted by molar-refractivity contribution is 5.80. The van der Waals surface area contributed by atoms with Crippen LogP contribution in [0.15, 0.2) is 24.3 Å². The van der Waals surface area contributed by atoms with Crippen molar-refractivity contribution in [2.45, 2.75) is 40.2 Å². The van der Waals surface area contributed by atoms with Gasteiger partial charge in [0.25, 0.3) is 0 Å². The molecule has 1 aromatic rings. The lowest BCUT2D eigenvalue weighted by Gasteiger charge is -2.27. The maximum atomic E-state index is 11.6. The first kappa shape index (κ1) is 16.9. The summed E-state index contributed by atoms with van der Waals surface area (Å²) in [6.45, 7) is 10.4. The number of rotatable bonds is 5. The molecule has 112 valence electrons. The highest BCUT2D eigenvalue weighted by Crippen LogP contribution is 2.14. The fraction of sp³-hybridized carbons (Fsp3) is 0.588. The van der Waals surface area contributed by atoms with Crippen molar-refractivity contribution < 1.29 is 9.53 Å². The predicted octanol–water partition coefficient (Wildman–Crippen LogP) is 3.07. The molecule has 3 heteroatoms. The lowest BCUT2D eigenvalue weighted by molar-refractivity contribution is -0.118. The molecule has 1 fully saturated rings. The van der Waals surface area contributed by atoms with Gasteiger partial charge in [0.1, 0.15) is 5.78 Å². The molecule has 1 aliphatic heterocycles. The van der Waals surface area contributed by atoms with Gasteiger partial charge >= 0.3 is 0 Å². The van der Waals surface area contributed by atoms with E-state index in [-0.39, 0.29) is 0 Å². The Labute approximate surface area is 122 Å². The Hall–Kier alpha value is -1.19. The molecule has 0 unspecified atom stereocenters. The maximum Gasteiger partial charge on any atom is 0.137 e. The van der Waals surface area contributed by atoms with Crippen LogP contribution in [-0.4, -0.2) is 37.0 Å². The minimum absolute atomic E-state index is 0.310. The number of Topliss-reactive ketones (excluding diaryl/α,β-unsaturated/α-hetero) is 1. The molecule has 1 aromatic carbocycles. The average Bonchev–Trinajstić information content (AvgIpc) is 2.52. The fourth-order valence-corrected chi connectivity index (χ4v) is 2.22. The fourth-order valence-electron chi connectivity index (χ4n) is 2.22. The number of hydrogen-bond donors (Lipinski definition) is 0. The molecule has 1 saturated heterocycles. The van der Waals surface area contributed by atoms with Crippen molar-refractivity contribution in [1.82, 2.24) is 4.90 Å². The summed E-state index contributed by atoms with van der Waals surface area (Å²) in [6, 6.07) is 8.27. The maximum absolute atomic E-state index is 11.6. The second kappa shape index (κ2) is 9.67. The van der Waals surface area contributed by atoms with E-state index in [0.29, 0.717) is 18.6 Å². The molecule has 0 bridgehead atoms. The zero-order chi connectivity index (χ0) is 14.8. The second-order valence-corrected chi connectivity index (χ2v) is 4.73. The van der Waals surface area contributed by atoms with Crippen LogP contribution in [0.25, 0.3) is 0 Å². The van der Waals surface area contributed by atoms with E-state index >= 15 is 0 Å². The molecule has 0 spiro atoms. The number of hydrogen-bond acceptors (Lipinski definition) is 3. The molecule has 0 aromatic heterocycles. The minimum atomic E-state index is 0.310. The van der Waals surface area contributed by atoms with E-state index in [9.17, 15) is 4.79 Å². The van der Waals surface area contributed by atoms with Crippen molar-refractivity contribution >= 4 is 5.78 Å². The third kappa shape index (κ3) is 5.43. The highest BCUT2D eigenvalue weighted by Gasteiger charge is 2.13. The van der Waals surface area contributed by atoms with Crippen LogP contribution in [0.1, 0.15) is 38.3 Å². The number of carbonyl (C=O) groups is 1. The Morgan fingerprint density at radius 1 is 1.15 bits per heavy atom. The van der Waals surface area contributed by atoms with Crippen LogP contribution in [0.3, 0.4) is 0 Å². The van der Waals surface area contributed by atoms with Crippen LogP contribution in [0.2, 0.25) is 0 Å². The first-order valence-corrected chi connectivity index (χ1v) is 7.68. The summed E-state index contributed by atoms with van der Waals surface area (Å²) in [5.74, 6) is 0.310. The lowest BCUT2D eigenvalue weighted by atomic mass is 10.0. The Balaban J connectivity index is 0.000000956. The molecule has 0 amide bonds. The van der Waals surface area contributed by atoms with Crippen molar-refractivity contribution in [1.29, 1.82) is 0 Å². The average molecular weight is 277 g/mol. The van der Waals surface area contributed by atoms with E-state index in [1.807, 2.05) is 26.8 Å². The van der Waals surface area contributed by atoms with Gasteiger partial charge in [-0.25, -0.2) is 0 Å². The van der Waals surface area contributed by atoms with E-state index in [1.165, 1.54) is 11.1 Å². The molecule has 1 heterocycles. The van der Waals surface area contributed by atoms with Gasteiger partial charge in [0, 0.05) is 32.5 Å². The number of benzene rings is 1. The Bertz CT molecular complexity index is 398. The van der Waals surface area contributed by atoms with Gasteiger partial charge in [0.2, 0.25) is 0 Å². The van der Waals surface area contributed by atoms with Crippen molar-refractivity contribution in [3.63, 3.8) is 0 Å². The first-order chi connectivity index (χ1) is 9.79. The van der Waals surface area contributed by atoms with E-state index in [4.69, 9.17) is 4.74 Å².